The molecule has 0 saturated carbocycles. The molecule has 2 rings (SSSR count). The standard InChI is InChI=1S/C14H19ClN4O2/c1-2-4-16-12-9-10(8-11(15)18-12)14(21)19-6-3-13(20)17-5-7-19/h8-9H,2-7H2,1H3,(H,16,18)(H,17,20). The van der Waals surface area contributed by atoms with Gasteiger partial charge in [0.25, 0.3) is 5.91 Å². The number of rotatable bonds is 4. The van der Waals surface area contributed by atoms with Gasteiger partial charge < -0.3 is 15.5 Å². The van der Waals surface area contributed by atoms with Crippen LogP contribution in [0.15, 0.2) is 12.1 Å². The van der Waals surface area contributed by atoms with E-state index < -0.39 is 0 Å². The number of carbonyl (C=O) groups excluding carboxylic acids is 2. The van der Waals surface area contributed by atoms with E-state index in [4.69, 9.17) is 11.6 Å². The van der Waals surface area contributed by atoms with Crippen LogP contribution in [-0.4, -0.2) is 47.9 Å². The number of aromatic nitrogens is 1. The molecule has 2 heterocycles. The van der Waals surface area contributed by atoms with Crippen LogP contribution in [0.1, 0.15) is 30.1 Å². The molecule has 1 aromatic rings. The third kappa shape index (κ3) is 4.32. The van der Waals surface area contributed by atoms with Gasteiger partial charge in [0.2, 0.25) is 5.91 Å². The van der Waals surface area contributed by atoms with E-state index in [1.54, 1.807) is 17.0 Å². The summed E-state index contributed by atoms with van der Waals surface area (Å²) in [6.45, 7) is 4.21. The minimum absolute atomic E-state index is 0.0247. The minimum atomic E-state index is -0.129. The van der Waals surface area contributed by atoms with Crippen LogP contribution in [0.3, 0.4) is 0 Å². The van der Waals surface area contributed by atoms with Gasteiger partial charge in [-0.2, -0.15) is 0 Å². The van der Waals surface area contributed by atoms with E-state index in [2.05, 4.69) is 15.6 Å². The van der Waals surface area contributed by atoms with Crippen LogP contribution >= 0.6 is 11.6 Å². The van der Waals surface area contributed by atoms with E-state index in [1.807, 2.05) is 6.92 Å². The van der Waals surface area contributed by atoms with Crippen LogP contribution in [0.4, 0.5) is 5.82 Å². The van der Waals surface area contributed by atoms with Crippen LogP contribution in [0, 0.1) is 0 Å². The summed E-state index contributed by atoms with van der Waals surface area (Å²) >= 11 is 5.98. The maximum Gasteiger partial charge on any atom is 0.254 e. The molecule has 114 valence electrons. The molecule has 1 aliphatic rings. The third-order valence-electron chi connectivity index (χ3n) is 3.20. The van der Waals surface area contributed by atoms with Gasteiger partial charge in [0.1, 0.15) is 11.0 Å². The van der Waals surface area contributed by atoms with Crippen LogP contribution in [0.25, 0.3) is 0 Å². The molecule has 0 bridgehead atoms. The number of hydrogen-bond acceptors (Lipinski definition) is 4. The highest BCUT2D eigenvalue weighted by atomic mass is 35.5. The predicted octanol–water partition coefficient (Wildman–Crippen LogP) is 1.52. The van der Waals surface area contributed by atoms with Crippen molar-refractivity contribution in [3.8, 4) is 0 Å². The summed E-state index contributed by atoms with van der Waals surface area (Å²) in [5, 5.41) is 6.15. The molecular formula is C14H19ClN4O2. The zero-order valence-corrected chi connectivity index (χ0v) is 12.7. The van der Waals surface area contributed by atoms with Crippen LogP contribution in [-0.2, 0) is 4.79 Å². The van der Waals surface area contributed by atoms with Crippen LogP contribution < -0.4 is 10.6 Å². The molecule has 0 radical (unpaired) electrons. The average Bonchev–Trinajstić information content (AvgIpc) is 2.68. The first-order valence-corrected chi connectivity index (χ1v) is 7.45. The molecule has 0 atom stereocenters. The molecule has 2 N–H and O–H groups in total. The minimum Gasteiger partial charge on any atom is -0.370 e. The molecule has 1 aromatic heterocycles. The van der Waals surface area contributed by atoms with E-state index >= 15 is 0 Å². The van der Waals surface area contributed by atoms with E-state index in [1.165, 1.54) is 0 Å². The highest BCUT2D eigenvalue weighted by Gasteiger charge is 2.20. The van der Waals surface area contributed by atoms with Crippen molar-refractivity contribution in [3.63, 3.8) is 0 Å². The second-order valence-corrected chi connectivity index (χ2v) is 5.27. The van der Waals surface area contributed by atoms with Crippen molar-refractivity contribution in [2.24, 2.45) is 0 Å². The molecule has 6 nitrogen and oxygen atoms in total. The summed E-state index contributed by atoms with van der Waals surface area (Å²) in [6, 6.07) is 3.26. The topological polar surface area (TPSA) is 74.3 Å². The molecule has 1 saturated heterocycles. The molecule has 1 fully saturated rings. The van der Waals surface area contributed by atoms with Gasteiger partial charge in [0.05, 0.1) is 0 Å². The number of amides is 2. The number of nitrogens with zero attached hydrogens (tertiary/aromatic N) is 2. The highest BCUT2D eigenvalue weighted by molar-refractivity contribution is 6.29. The summed E-state index contributed by atoms with van der Waals surface area (Å²) < 4.78 is 0. The maximum absolute atomic E-state index is 12.5. The first-order valence-electron chi connectivity index (χ1n) is 7.07. The zero-order chi connectivity index (χ0) is 15.2. The van der Waals surface area contributed by atoms with Gasteiger partial charge in [-0.05, 0) is 18.6 Å². The Morgan fingerprint density at radius 1 is 1.48 bits per heavy atom. The Morgan fingerprint density at radius 2 is 2.29 bits per heavy atom. The van der Waals surface area contributed by atoms with E-state index in [9.17, 15) is 9.59 Å². The smallest absolute Gasteiger partial charge is 0.254 e. The fourth-order valence-corrected chi connectivity index (χ4v) is 2.33. The molecule has 0 unspecified atom stereocenters. The van der Waals surface area contributed by atoms with Gasteiger partial charge in [-0.1, -0.05) is 18.5 Å². The lowest BCUT2D eigenvalue weighted by molar-refractivity contribution is -0.120. The van der Waals surface area contributed by atoms with Crippen molar-refractivity contribution in [2.75, 3.05) is 31.5 Å². The fraction of sp³-hybridized carbons (Fsp3) is 0.500. The SMILES string of the molecule is CCCNc1cc(C(=O)N2CCNC(=O)CC2)cc(Cl)n1. The fourth-order valence-electron chi connectivity index (χ4n) is 2.12. The quantitative estimate of drug-likeness (QED) is 0.827. The number of carbonyl (C=O) groups is 2. The molecule has 21 heavy (non-hydrogen) atoms. The maximum atomic E-state index is 12.5. The lowest BCUT2D eigenvalue weighted by atomic mass is 10.2. The Labute approximate surface area is 128 Å². The third-order valence-corrected chi connectivity index (χ3v) is 3.39. The number of pyridine rings is 1. The first kappa shape index (κ1) is 15.6. The second kappa shape index (κ2) is 7.26. The Balaban J connectivity index is 2.14. The average molecular weight is 311 g/mol. The normalized spacial score (nSPS) is 15.3. The van der Waals surface area contributed by atoms with Gasteiger partial charge in [-0.25, -0.2) is 4.98 Å². The number of hydrogen-bond donors (Lipinski definition) is 2. The van der Waals surface area contributed by atoms with Crippen molar-refractivity contribution in [1.29, 1.82) is 0 Å². The monoisotopic (exact) mass is 310 g/mol. The molecule has 2 amide bonds. The molecule has 0 aromatic carbocycles. The van der Waals surface area contributed by atoms with Crippen molar-refractivity contribution >= 4 is 29.2 Å². The Kier molecular flexibility index (Phi) is 5.38. The van der Waals surface area contributed by atoms with Crippen molar-refractivity contribution < 1.29 is 9.59 Å². The summed E-state index contributed by atoms with van der Waals surface area (Å²) in [7, 11) is 0. The largest absolute Gasteiger partial charge is 0.370 e. The van der Waals surface area contributed by atoms with Gasteiger partial charge >= 0.3 is 0 Å². The zero-order valence-electron chi connectivity index (χ0n) is 12.0. The van der Waals surface area contributed by atoms with Crippen LogP contribution in [0.2, 0.25) is 5.15 Å². The van der Waals surface area contributed by atoms with E-state index in [-0.39, 0.29) is 17.0 Å². The van der Waals surface area contributed by atoms with Gasteiger partial charge in [0, 0.05) is 38.2 Å². The first-order chi connectivity index (χ1) is 10.1. The van der Waals surface area contributed by atoms with Gasteiger partial charge in [-0.3, -0.25) is 9.59 Å². The van der Waals surface area contributed by atoms with Gasteiger partial charge in [-0.15, -0.1) is 0 Å². The second-order valence-electron chi connectivity index (χ2n) is 4.88. The number of anilines is 1. The molecule has 0 aliphatic carbocycles. The van der Waals surface area contributed by atoms with Crippen molar-refractivity contribution in [1.82, 2.24) is 15.2 Å². The number of nitrogens with one attached hydrogen (secondary N) is 2. The van der Waals surface area contributed by atoms with Crippen LogP contribution in [0.5, 0.6) is 0 Å². The number of halogens is 1. The summed E-state index contributed by atoms with van der Waals surface area (Å²) in [4.78, 5) is 29.6. The lowest BCUT2D eigenvalue weighted by Crippen LogP contribution is -2.34. The Bertz CT molecular complexity index is 536. The lowest BCUT2D eigenvalue weighted by Gasteiger charge is -2.20. The molecule has 1 aliphatic heterocycles. The Hall–Kier alpha value is -1.82. The summed E-state index contributed by atoms with van der Waals surface area (Å²) in [5.74, 6) is 0.440. The molecule has 7 heteroatoms. The molecular weight excluding hydrogens is 292 g/mol. The van der Waals surface area contributed by atoms with E-state index in [0.717, 1.165) is 13.0 Å². The van der Waals surface area contributed by atoms with E-state index in [0.29, 0.717) is 37.4 Å². The predicted molar refractivity (Wildman–Crippen MR) is 81.6 cm³/mol. The highest BCUT2D eigenvalue weighted by Crippen LogP contribution is 2.17. The summed E-state index contributed by atoms with van der Waals surface area (Å²) in [5.41, 5.74) is 0.489. The summed E-state index contributed by atoms with van der Waals surface area (Å²) in [6.07, 6.45) is 1.28. The Morgan fingerprint density at radius 3 is 3.05 bits per heavy atom. The van der Waals surface area contributed by atoms with Crippen molar-refractivity contribution in [2.45, 2.75) is 19.8 Å². The van der Waals surface area contributed by atoms with Gasteiger partial charge in [0.15, 0.2) is 0 Å². The molecule has 0 spiro atoms. The van der Waals surface area contributed by atoms with Crippen molar-refractivity contribution in [3.05, 3.63) is 22.8 Å².